The van der Waals surface area contributed by atoms with Gasteiger partial charge in [-0.25, -0.2) is 0 Å². The number of nitrogens with one attached hydrogen (secondary N) is 2. The van der Waals surface area contributed by atoms with Crippen LogP contribution in [-0.4, -0.2) is 63.4 Å². The van der Waals surface area contributed by atoms with Crippen LogP contribution >= 0.6 is 0 Å². The molecular weight excluding hydrogens is 400 g/mol. The Hall–Kier alpha value is -2.41. The first kappa shape index (κ1) is 24.2. The van der Waals surface area contributed by atoms with E-state index in [1.165, 1.54) is 11.1 Å². The highest BCUT2D eigenvalue weighted by atomic mass is 16.5. The van der Waals surface area contributed by atoms with Gasteiger partial charge in [0.2, 0.25) is 0 Å². The molecule has 0 aliphatic carbocycles. The van der Waals surface area contributed by atoms with E-state index in [-0.39, 0.29) is 0 Å². The van der Waals surface area contributed by atoms with E-state index in [1.54, 1.807) is 7.05 Å². The molecule has 0 radical (unpaired) electrons. The number of likely N-dealkylation sites (tertiary alicyclic amines) is 1. The molecule has 0 unspecified atom stereocenters. The lowest BCUT2D eigenvalue weighted by molar-refractivity contribution is 0.00534. The van der Waals surface area contributed by atoms with Gasteiger partial charge in [0.25, 0.3) is 0 Å². The Balaban J connectivity index is 1.17. The summed E-state index contributed by atoms with van der Waals surface area (Å²) in [6.45, 7) is 6.90. The van der Waals surface area contributed by atoms with Crippen molar-refractivity contribution in [2.24, 2.45) is 4.99 Å². The standard InChI is InChI=1S/C26H38N4O2/c1-27-26(29-16-20-31-22-24-11-6-3-7-12-24)28-15-8-19-32-25-13-17-30(18-14-25)21-23-9-4-2-5-10-23/h2-7,9-12,25H,8,13-22H2,1H3,(H2,27,28,29). The van der Waals surface area contributed by atoms with Gasteiger partial charge in [0, 0.05) is 46.4 Å². The number of ether oxygens (including phenoxy) is 2. The maximum atomic E-state index is 6.11. The van der Waals surface area contributed by atoms with E-state index in [0.717, 1.165) is 64.6 Å². The Bertz CT molecular complexity index is 762. The maximum Gasteiger partial charge on any atom is 0.191 e. The van der Waals surface area contributed by atoms with Crippen molar-refractivity contribution in [3.05, 3.63) is 71.8 Å². The third kappa shape index (κ3) is 9.39. The highest BCUT2D eigenvalue weighted by Gasteiger charge is 2.19. The summed E-state index contributed by atoms with van der Waals surface area (Å²) < 4.78 is 11.8. The lowest BCUT2D eigenvalue weighted by Gasteiger charge is -2.32. The first-order chi connectivity index (χ1) is 15.8. The van der Waals surface area contributed by atoms with E-state index in [0.29, 0.717) is 19.3 Å². The summed E-state index contributed by atoms with van der Waals surface area (Å²) in [4.78, 5) is 6.79. The average molecular weight is 439 g/mol. The van der Waals surface area contributed by atoms with E-state index in [1.807, 2.05) is 18.2 Å². The zero-order valence-corrected chi connectivity index (χ0v) is 19.3. The number of nitrogens with zero attached hydrogens (tertiary/aromatic N) is 2. The smallest absolute Gasteiger partial charge is 0.191 e. The second kappa shape index (κ2) is 14.6. The fourth-order valence-corrected chi connectivity index (χ4v) is 3.83. The van der Waals surface area contributed by atoms with E-state index in [9.17, 15) is 0 Å². The zero-order chi connectivity index (χ0) is 22.3. The van der Waals surface area contributed by atoms with Gasteiger partial charge >= 0.3 is 0 Å². The number of hydrogen-bond acceptors (Lipinski definition) is 4. The zero-order valence-electron chi connectivity index (χ0n) is 19.3. The van der Waals surface area contributed by atoms with Gasteiger partial charge in [-0.15, -0.1) is 0 Å². The first-order valence-corrected chi connectivity index (χ1v) is 11.8. The molecule has 3 rings (SSSR count). The number of benzene rings is 2. The maximum absolute atomic E-state index is 6.11. The van der Waals surface area contributed by atoms with Gasteiger partial charge in [-0.05, 0) is 30.4 Å². The molecule has 1 saturated heterocycles. The van der Waals surface area contributed by atoms with Gasteiger partial charge in [-0.2, -0.15) is 0 Å². The molecule has 0 aromatic heterocycles. The normalized spacial score (nSPS) is 15.6. The molecule has 2 aromatic carbocycles. The third-order valence-corrected chi connectivity index (χ3v) is 5.62. The molecule has 0 atom stereocenters. The molecule has 6 nitrogen and oxygen atoms in total. The highest BCUT2D eigenvalue weighted by Crippen LogP contribution is 2.16. The van der Waals surface area contributed by atoms with Crippen LogP contribution in [0, 0.1) is 0 Å². The topological polar surface area (TPSA) is 58.1 Å². The van der Waals surface area contributed by atoms with Gasteiger partial charge in [-0.3, -0.25) is 9.89 Å². The van der Waals surface area contributed by atoms with Crippen LogP contribution in [0.4, 0.5) is 0 Å². The third-order valence-electron chi connectivity index (χ3n) is 5.62. The number of hydrogen-bond donors (Lipinski definition) is 2. The monoisotopic (exact) mass is 438 g/mol. The second-order valence-corrected chi connectivity index (χ2v) is 8.15. The SMILES string of the molecule is CN=C(NCCCOC1CCN(Cc2ccccc2)CC1)NCCOCc1ccccc1. The largest absolute Gasteiger partial charge is 0.378 e. The van der Waals surface area contributed by atoms with Crippen molar-refractivity contribution in [2.45, 2.75) is 38.5 Å². The minimum absolute atomic E-state index is 0.390. The molecule has 0 spiro atoms. The summed E-state index contributed by atoms with van der Waals surface area (Å²) in [6, 6.07) is 20.9. The molecule has 2 N–H and O–H groups in total. The van der Waals surface area contributed by atoms with E-state index >= 15 is 0 Å². The Morgan fingerprint density at radius 2 is 1.56 bits per heavy atom. The molecule has 1 aliphatic rings. The molecule has 32 heavy (non-hydrogen) atoms. The highest BCUT2D eigenvalue weighted by molar-refractivity contribution is 5.79. The molecule has 1 aliphatic heterocycles. The quantitative estimate of drug-likeness (QED) is 0.302. The summed E-state index contributed by atoms with van der Waals surface area (Å²) >= 11 is 0. The summed E-state index contributed by atoms with van der Waals surface area (Å²) in [5.74, 6) is 0.808. The Kier molecular flexibility index (Phi) is 11.1. The van der Waals surface area contributed by atoms with Gasteiger partial charge in [0.15, 0.2) is 5.96 Å². The molecule has 1 heterocycles. The minimum Gasteiger partial charge on any atom is -0.378 e. The van der Waals surface area contributed by atoms with Crippen molar-refractivity contribution in [3.63, 3.8) is 0 Å². The first-order valence-electron chi connectivity index (χ1n) is 11.8. The molecule has 0 bridgehead atoms. The lowest BCUT2D eigenvalue weighted by atomic mass is 10.1. The predicted octanol–water partition coefficient (Wildman–Crippen LogP) is 3.44. The van der Waals surface area contributed by atoms with E-state index in [2.05, 4.69) is 63.0 Å². The van der Waals surface area contributed by atoms with Crippen molar-refractivity contribution < 1.29 is 9.47 Å². The Morgan fingerprint density at radius 3 is 2.25 bits per heavy atom. The molecule has 0 amide bonds. The predicted molar refractivity (Wildman–Crippen MR) is 131 cm³/mol. The summed E-state index contributed by atoms with van der Waals surface area (Å²) in [5, 5.41) is 6.63. The van der Waals surface area contributed by atoms with Crippen LogP contribution in [0.15, 0.2) is 65.7 Å². The van der Waals surface area contributed by atoms with Crippen LogP contribution < -0.4 is 10.6 Å². The van der Waals surface area contributed by atoms with Crippen molar-refractivity contribution in [3.8, 4) is 0 Å². The number of guanidine groups is 1. The lowest BCUT2D eigenvalue weighted by Crippen LogP contribution is -2.40. The van der Waals surface area contributed by atoms with Crippen molar-refractivity contribution >= 4 is 5.96 Å². The van der Waals surface area contributed by atoms with Gasteiger partial charge in [-0.1, -0.05) is 60.7 Å². The number of rotatable bonds is 12. The van der Waals surface area contributed by atoms with Crippen LogP contribution in [0.1, 0.15) is 30.4 Å². The molecule has 6 heteroatoms. The van der Waals surface area contributed by atoms with Crippen molar-refractivity contribution in [2.75, 3.05) is 46.4 Å². The van der Waals surface area contributed by atoms with Gasteiger partial charge < -0.3 is 20.1 Å². The molecule has 2 aromatic rings. The van der Waals surface area contributed by atoms with E-state index < -0.39 is 0 Å². The summed E-state index contributed by atoms with van der Waals surface area (Å²) in [6.07, 6.45) is 3.59. The Labute approximate surface area is 193 Å². The summed E-state index contributed by atoms with van der Waals surface area (Å²) in [5.41, 5.74) is 2.58. The fraction of sp³-hybridized carbons (Fsp3) is 0.500. The van der Waals surface area contributed by atoms with Gasteiger partial charge in [0.1, 0.15) is 0 Å². The van der Waals surface area contributed by atoms with Gasteiger partial charge in [0.05, 0.1) is 19.3 Å². The average Bonchev–Trinajstić information content (AvgIpc) is 2.84. The van der Waals surface area contributed by atoms with Crippen LogP contribution in [0.5, 0.6) is 0 Å². The van der Waals surface area contributed by atoms with Crippen LogP contribution in [0.25, 0.3) is 0 Å². The molecular formula is C26H38N4O2. The Morgan fingerprint density at radius 1 is 0.906 bits per heavy atom. The number of aliphatic imine (C=N–C) groups is 1. The second-order valence-electron chi connectivity index (χ2n) is 8.15. The van der Waals surface area contributed by atoms with Crippen LogP contribution in [0.3, 0.4) is 0 Å². The van der Waals surface area contributed by atoms with Crippen molar-refractivity contribution in [1.29, 1.82) is 0 Å². The molecule has 0 saturated carbocycles. The van der Waals surface area contributed by atoms with E-state index in [4.69, 9.17) is 9.47 Å². The van der Waals surface area contributed by atoms with Crippen LogP contribution in [-0.2, 0) is 22.6 Å². The summed E-state index contributed by atoms with van der Waals surface area (Å²) in [7, 11) is 1.79. The van der Waals surface area contributed by atoms with Crippen molar-refractivity contribution in [1.82, 2.24) is 15.5 Å². The van der Waals surface area contributed by atoms with Crippen LogP contribution in [0.2, 0.25) is 0 Å². The number of piperidine rings is 1. The molecule has 1 fully saturated rings. The minimum atomic E-state index is 0.390. The molecule has 174 valence electrons. The fourth-order valence-electron chi connectivity index (χ4n) is 3.83.